The number of amides is 1. The van der Waals surface area contributed by atoms with Crippen molar-refractivity contribution in [1.82, 2.24) is 19.9 Å². The van der Waals surface area contributed by atoms with Gasteiger partial charge in [0, 0.05) is 30.8 Å². The summed E-state index contributed by atoms with van der Waals surface area (Å²) in [6.45, 7) is 1.74. The van der Waals surface area contributed by atoms with Crippen LogP contribution in [0.15, 0.2) is 41.7 Å². The summed E-state index contributed by atoms with van der Waals surface area (Å²) in [7, 11) is 0. The van der Waals surface area contributed by atoms with E-state index in [1.807, 2.05) is 4.57 Å². The number of halogens is 2. The van der Waals surface area contributed by atoms with Crippen LogP contribution in [-0.2, 0) is 0 Å². The Bertz CT molecular complexity index is 1090. The van der Waals surface area contributed by atoms with Crippen LogP contribution in [0.25, 0.3) is 11.0 Å². The first kappa shape index (κ1) is 18.9. The molecule has 1 fully saturated rings. The molecule has 3 aromatic heterocycles. The number of carbonyl (C=O) groups is 1. The smallest absolute Gasteiger partial charge is 0.261 e. The molecular formula is C19H17Cl2N5O2. The highest BCUT2D eigenvalue weighted by Crippen LogP contribution is 2.29. The Morgan fingerprint density at radius 1 is 1.21 bits per heavy atom. The van der Waals surface area contributed by atoms with Gasteiger partial charge in [-0.05, 0) is 38.1 Å². The number of piperidine rings is 1. The van der Waals surface area contributed by atoms with Crippen molar-refractivity contribution in [3.63, 3.8) is 0 Å². The number of carbonyl (C=O) groups excluding carboxylic acids is 1. The van der Waals surface area contributed by atoms with E-state index in [-0.39, 0.29) is 32.8 Å². The number of hydrogen-bond acceptors (Lipinski definition) is 5. The Hall–Kier alpha value is -2.48. The predicted molar refractivity (Wildman–Crippen MR) is 109 cm³/mol. The van der Waals surface area contributed by atoms with Crippen LogP contribution in [0.2, 0.25) is 10.0 Å². The topological polar surface area (TPSA) is 88.9 Å². The quantitative estimate of drug-likeness (QED) is 0.682. The molecule has 1 saturated heterocycles. The molecule has 1 amide bonds. The van der Waals surface area contributed by atoms with Gasteiger partial charge in [-0.1, -0.05) is 23.2 Å². The van der Waals surface area contributed by atoms with Gasteiger partial charge in [-0.25, -0.2) is 4.98 Å². The normalized spacial score (nSPS) is 14.9. The van der Waals surface area contributed by atoms with E-state index in [4.69, 9.17) is 23.2 Å². The first-order valence-electron chi connectivity index (χ1n) is 8.87. The minimum Gasteiger partial charge on any atom is -0.328 e. The average molecular weight is 418 g/mol. The van der Waals surface area contributed by atoms with Crippen molar-refractivity contribution >= 4 is 45.8 Å². The Morgan fingerprint density at radius 3 is 2.64 bits per heavy atom. The van der Waals surface area contributed by atoms with Crippen LogP contribution in [0.1, 0.15) is 29.2 Å². The Balaban J connectivity index is 1.81. The van der Waals surface area contributed by atoms with Gasteiger partial charge in [0.15, 0.2) is 0 Å². The van der Waals surface area contributed by atoms with E-state index in [0.717, 1.165) is 25.9 Å². The molecule has 2 N–H and O–H groups in total. The van der Waals surface area contributed by atoms with Crippen molar-refractivity contribution in [1.29, 1.82) is 0 Å². The lowest BCUT2D eigenvalue weighted by atomic mass is 10.0. The minimum atomic E-state index is -0.576. The van der Waals surface area contributed by atoms with Gasteiger partial charge < -0.3 is 15.2 Å². The maximum atomic E-state index is 13.0. The number of aromatic nitrogens is 3. The first-order valence-corrected chi connectivity index (χ1v) is 9.63. The Morgan fingerprint density at radius 2 is 1.93 bits per heavy atom. The predicted octanol–water partition coefficient (Wildman–Crippen LogP) is 3.28. The molecule has 0 spiro atoms. The zero-order chi connectivity index (χ0) is 19.7. The molecule has 0 aliphatic carbocycles. The van der Waals surface area contributed by atoms with Crippen LogP contribution >= 0.6 is 23.2 Å². The molecule has 7 nitrogen and oxygen atoms in total. The van der Waals surface area contributed by atoms with Gasteiger partial charge in [0.05, 0.1) is 21.1 Å². The highest BCUT2D eigenvalue weighted by molar-refractivity contribution is 6.39. The largest absolute Gasteiger partial charge is 0.328 e. The first-order chi connectivity index (χ1) is 13.6. The summed E-state index contributed by atoms with van der Waals surface area (Å²) in [5.74, 6) is -0.576. The van der Waals surface area contributed by atoms with Gasteiger partial charge in [0.25, 0.3) is 5.91 Å². The van der Waals surface area contributed by atoms with Gasteiger partial charge in [0.1, 0.15) is 11.2 Å². The highest BCUT2D eigenvalue weighted by Gasteiger charge is 2.22. The molecule has 0 bridgehead atoms. The number of nitrogens with one attached hydrogen (secondary N) is 2. The third-order valence-corrected chi connectivity index (χ3v) is 5.40. The summed E-state index contributed by atoms with van der Waals surface area (Å²) in [5.41, 5.74) is 0.438. The fraction of sp³-hybridized carbons (Fsp3) is 0.263. The molecule has 0 atom stereocenters. The summed E-state index contributed by atoms with van der Waals surface area (Å²) >= 11 is 12.2. The lowest BCUT2D eigenvalue weighted by Crippen LogP contribution is -2.31. The van der Waals surface area contributed by atoms with Crippen molar-refractivity contribution in [2.24, 2.45) is 0 Å². The van der Waals surface area contributed by atoms with Crippen LogP contribution in [0.3, 0.4) is 0 Å². The molecule has 144 valence electrons. The molecule has 0 saturated carbocycles. The number of fused-ring (bicyclic) bond motifs is 1. The Labute approximate surface area is 170 Å². The summed E-state index contributed by atoms with van der Waals surface area (Å²) in [6, 6.07) is 3.53. The van der Waals surface area contributed by atoms with E-state index in [9.17, 15) is 9.59 Å². The minimum absolute atomic E-state index is 0.0166. The van der Waals surface area contributed by atoms with E-state index in [1.165, 1.54) is 12.4 Å². The average Bonchev–Trinajstić information content (AvgIpc) is 2.72. The number of anilines is 1. The van der Waals surface area contributed by atoms with E-state index in [0.29, 0.717) is 11.0 Å². The van der Waals surface area contributed by atoms with Crippen LogP contribution in [-0.4, -0.2) is 33.5 Å². The molecule has 0 unspecified atom stereocenters. The van der Waals surface area contributed by atoms with Crippen LogP contribution in [0.4, 0.5) is 5.69 Å². The molecule has 4 heterocycles. The van der Waals surface area contributed by atoms with E-state index < -0.39 is 5.91 Å². The van der Waals surface area contributed by atoms with E-state index in [1.54, 1.807) is 24.5 Å². The molecular weight excluding hydrogens is 401 g/mol. The number of hydrogen-bond donors (Lipinski definition) is 2. The lowest BCUT2D eigenvalue weighted by Gasteiger charge is -2.26. The van der Waals surface area contributed by atoms with Gasteiger partial charge in [-0.2, -0.15) is 0 Å². The number of pyridine rings is 3. The molecule has 4 rings (SSSR count). The summed E-state index contributed by atoms with van der Waals surface area (Å²) in [4.78, 5) is 34.1. The molecule has 9 heteroatoms. The third kappa shape index (κ3) is 3.48. The monoisotopic (exact) mass is 417 g/mol. The SMILES string of the molecule is O=C(Nc1c(Cl)cncc1Cl)c1cn(C2CCNCC2)c2ncccc2c1=O. The zero-order valence-electron chi connectivity index (χ0n) is 14.8. The lowest BCUT2D eigenvalue weighted by molar-refractivity contribution is 0.102. The van der Waals surface area contributed by atoms with Crippen molar-refractivity contribution in [2.45, 2.75) is 18.9 Å². The van der Waals surface area contributed by atoms with E-state index in [2.05, 4.69) is 20.6 Å². The molecule has 0 radical (unpaired) electrons. The summed E-state index contributed by atoms with van der Waals surface area (Å²) in [5, 5.41) is 6.75. The highest BCUT2D eigenvalue weighted by atomic mass is 35.5. The standard InChI is InChI=1S/C19H17Cl2N5O2/c20-14-8-23-9-15(21)16(14)25-19(28)13-10-26(11-3-6-22-7-4-11)18-12(17(13)27)2-1-5-24-18/h1-2,5,8-11,22H,3-4,6-7H2,(H,23,25,28). The molecule has 0 aromatic carbocycles. The van der Waals surface area contributed by atoms with Gasteiger partial charge in [-0.15, -0.1) is 0 Å². The Kier molecular flexibility index (Phi) is 5.30. The third-order valence-electron chi connectivity index (χ3n) is 4.83. The number of nitrogens with zero attached hydrogens (tertiary/aromatic N) is 3. The maximum absolute atomic E-state index is 13.0. The van der Waals surface area contributed by atoms with Gasteiger partial charge >= 0.3 is 0 Å². The van der Waals surface area contributed by atoms with Gasteiger partial charge in [-0.3, -0.25) is 14.6 Å². The maximum Gasteiger partial charge on any atom is 0.261 e. The van der Waals surface area contributed by atoms with Crippen molar-refractivity contribution < 1.29 is 4.79 Å². The second kappa shape index (κ2) is 7.87. The zero-order valence-corrected chi connectivity index (χ0v) is 16.3. The second-order valence-electron chi connectivity index (χ2n) is 6.57. The molecule has 1 aliphatic heterocycles. The van der Waals surface area contributed by atoms with Gasteiger partial charge in [0.2, 0.25) is 5.43 Å². The van der Waals surface area contributed by atoms with Crippen LogP contribution in [0, 0.1) is 0 Å². The van der Waals surface area contributed by atoms with Crippen molar-refractivity contribution in [3.05, 3.63) is 62.8 Å². The van der Waals surface area contributed by atoms with E-state index >= 15 is 0 Å². The fourth-order valence-corrected chi connectivity index (χ4v) is 3.88. The van der Waals surface area contributed by atoms with Crippen molar-refractivity contribution in [2.75, 3.05) is 18.4 Å². The number of rotatable bonds is 3. The summed E-state index contributed by atoms with van der Waals surface area (Å²) < 4.78 is 1.93. The van der Waals surface area contributed by atoms with Crippen LogP contribution < -0.4 is 16.1 Å². The molecule has 3 aromatic rings. The fourth-order valence-electron chi connectivity index (χ4n) is 3.42. The summed E-state index contributed by atoms with van der Waals surface area (Å²) in [6.07, 6.45) is 7.76. The molecule has 28 heavy (non-hydrogen) atoms. The molecule has 1 aliphatic rings. The second-order valence-corrected chi connectivity index (χ2v) is 7.38. The van der Waals surface area contributed by atoms with Crippen LogP contribution in [0.5, 0.6) is 0 Å². The van der Waals surface area contributed by atoms with Crippen molar-refractivity contribution in [3.8, 4) is 0 Å².